The van der Waals surface area contributed by atoms with E-state index in [0.717, 1.165) is 10.8 Å². The summed E-state index contributed by atoms with van der Waals surface area (Å²) >= 11 is 0. The van der Waals surface area contributed by atoms with E-state index in [1.54, 1.807) is 14.0 Å². The van der Waals surface area contributed by atoms with Crippen molar-refractivity contribution in [1.29, 1.82) is 0 Å². The Labute approximate surface area is 185 Å². The Morgan fingerprint density at radius 2 is 1.97 bits per heavy atom. The minimum Gasteiger partial charge on any atom is -0.394 e. The van der Waals surface area contributed by atoms with Crippen LogP contribution in [0.4, 0.5) is 5.69 Å². The highest BCUT2D eigenvalue weighted by molar-refractivity contribution is 6.04. The van der Waals surface area contributed by atoms with Gasteiger partial charge in [0.15, 0.2) is 0 Å². The van der Waals surface area contributed by atoms with Crippen LogP contribution in [0.25, 0.3) is 10.8 Å². The molecule has 8 heteroatoms. The van der Waals surface area contributed by atoms with Gasteiger partial charge in [0.2, 0.25) is 17.7 Å². The summed E-state index contributed by atoms with van der Waals surface area (Å²) in [4.78, 5) is 41.2. The van der Waals surface area contributed by atoms with E-state index in [0.29, 0.717) is 18.5 Å². The van der Waals surface area contributed by atoms with E-state index in [-0.39, 0.29) is 30.4 Å². The van der Waals surface area contributed by atoms with Gasteiger partial charge in [-0.15, -0.1) is 0 Å². The van der Waals surface area contributed by atoms with Crippen molar-refractivity contribution in [3.8, 4) is 0 Å². The molecule has 8 nitrogen and oxygen atoms in total. The van der Waals surface area contributed by atoms with Gasteiger partial charge in [-0.3, -0.25) is 14.4 Å². The number of carbonyl (C=O) groups excluding carboxylic acids is 3. The molecule has 3 N–H and O–H groups in total. The number of fused-ring (bicyclic) bond motifs is 2. The van der Waals surface area contributed by atoms with Gasteiger partial charge in [-0.25, -0.2) is 0 Å². The maximum absolute atomic E-state index is 13.6. The van der Waals surface area contributed by atoms with Gasteiger partial charge in [-0.1, -0.05) is 30.3 Å². The van der Waals surface area contributed by atoms with Crippen molar-refractivity contribution in [2.75, 3.05) is 19.0 Å². The topological polar surface area (TPSA) is 108 Å². The average Bonchev–Trinajstić information content (AvgIpc) is 3.45. The van der Waals surface area contributed by atoms with Crippen LogP contribution in [0.5, 0.6) is 0 Å². The lowest BCUT2D eigenvalue weighted by Crippen LogP contribution is -2.55. The number of ether oxygens (including phenoxy) is 1. The van der Waals surface area contributed by atoms with Gasteiger partial charge in [0, 0.05) is 12.7 Å². The molecule has 168 valence electrons. The number of likely N-dealkylation sites (tertiary alicyclic amines) is 1. The zero-order valence-corrected chi connectivity index (χ0v) is 18.1. The second-order valence-corrected chi connectivity index (χ2v) is 9.00. The van der Waals surface area contributed by atoms with Crippen LogP contribution in [-0.2, 0) is 19.1 Å². The second kappa shape index (κ2) is 7.56. The van der Waals surface area contributed by atoms with Gasteiger partial charge in [-0.2, -0.15) is 0 Å². The highest BCUT2D eigenvalue weighted by atomic mass is 16.5. The van der Waals surface area contributed by atoms with Crippen molar-refractivity contribution in [2.24, 2.45) is 11.8 Å². The number of amides is 3. The summed E-state index contributed by atoms with van der Waals surface area (Å²) < 4.78 is 6.29. The number of anilines is 1. The van der Waals surface area contributed by atoms with E-state index in [4.69, 9.17) is 4.74 Å². The predicted molar refractivity (Wildman–Crippen MR) is 118 cm³/mol. The fraction of sp³-hybridized carbons (Fsp3) is 0.458. The van der Waals surface area contributed by atoms with Crippen molar-refractivity contribution in [3.63, 3.8) is 0 Å². The number of benzene rings is 2. The van der Waals surface area contributed by atoms with Gasteiger partial charge >= 0.3 is 0 Å². The molecule has 6 atom stereocenters. The zero-order chi connectivity index (χ0) is 22.6. The zero-order valence-electron chi connectivity index (χ0n) is 18.1. The molecule has 0 aromatic heterocycles. The SMILES string of the molecule is CNC(=O)[C@@H]1[C@H]2C(=O)N([C@H](C)CO)C(C(=O)Nc3ccc4ccccc4c3)C23CC[C@H]1O3. The highest BCUT2D eigenvalue weighted by Gasteiger charge is 2.74. The van der Waals surface area contributed by atoms with Gasteiger partial charge in [0.25, 0.3) is 0 Å². The molecular weight excluding hydrogens is 410 g/mol. The molecule has 2 bridgehead atoms. The molecule has 1 spiro atoms. The summed E-state index contributed by atoms with van der Waals surface area (Å²) in [5.74, 6) is -2.28. The fourth-order valence-corrected chi connectivity index (χ4v) is 5.90. The van der Waals surface area contributed by atoms with Crippen molar-refractivity contribution in [2.45, 2.75) is 43.6 Å². The first-order valence-corrected chi connectivity index (χ1v) is 11.0. The maximum Gasteiger partial charge on any atom is 0.250 e. The molecule has 2 aromatic rings. The summed E-state index contributed by atoms with van der Waals surface area (Å²) in [6.07, 6.45) is 0.751. The molecular formula is C24H27N3O5. The molecule has 2 unspecified atom stereocenters. The van der Waals surface area contributed by atoms with E-state index < -0.39 is 29.5 Å². The maximum atomic E-state index is 13.6. The molecule has 3 aliphatic heterocycles. The van der Waals surface area contributed by atoms with Gasteiger partial charge in [0.1, 0.15) is 11.6 Å². The lowest BCUT2D eigenvalue weighted by Gasteiger charge is -2.35. The Kier molecular flexibility index (Phi) is 4.94. The van der Waals surface area contributed by atoms with Crippen LogP contribution in [0.1, 0.15) is 19.8 Å². The normalized spacial score (nSPS) is 31.6. The Hall–Kier alpha value is -2.97. The van der Waals surface area contributed by atoms with Crippen LogP contribution >= 0.6 is 0 Å². The Morgan fingerprint density at radius 1 is 1.22 bits per heavy atom. The lowest BCUT2D eigenvalue weighted by atomic mass is 9.70. The lowest BCUT2D eigenvalue weighted by molar-refractivity contribution is -0.143. The van der Waals surface area contributed by atoms with E-state index >= 15 is 0 Å². The summed E-state index contributed by atoms with van der Waals surface area (Å²) in [5.41, 5.74) is -0.448. The molecule has 0 saturated carbocycles. The van der Waals surface area contributed by atoms with Crippen LogP contribution in [-0.4, -0.2) is 65.2 Å². The third-order valence-corrected chi connectivity index (χ3v) is 7.29. The van der Waals surface area contributed by atoms with Crippen LogP contribution in [0, 0.1) is 11.8 Å². The first kappa shape index (κ1) is 20.9. The summed E-state index contributed by atoms with van der Waals surface area (Å²) in [5, 5.41) is 17.5. The van der Waals surface area contributed by atoms with Crippen LogP contribution in [0.2, 0.25) is 0 Å². The van der Waals surface area contributed by atoms with Crippen molar-refractivity contribution < 1.29 is 24.2 Å². The molecule has 2 aromatic carbocycles. The Morgan fingerprint density at radius 3 is 2.69 bits per heavy atom. The number of hydrogen-bond acceptors (Lipinski definition) is 5. The van der Waals surface area contributed by atoms with E-state index in [9.17, 15) is 19.5 Å². The Bertz CT molecular complexity index is 1100. The van der Waals surface area contributed by atoms with Gasteiger partial charge in [0.05, 0.1) is 30.6 Å². The standard InChI is InChI=1S/C24H27N3O5/c1-13(12-28)27-20(22(30)26-16-8-7-14-5-3-4-6-15(14)11-16)24-10-9-17(32-24)18(21(29)25-2)19(24)23(27)31/h3-8,11,13,17-20,28H,9-10,12H2,1-2H3,(H,25,29)(H,26,30)/t13-,17-,18+,19+,20?,24?/m1/s1. The van der Waals surface area contributed by atoms with Gasteiger partial charge in [-0.05, 0) is 42.7 Å². The fourth-order valence-electron chi connectivity index (χ4n) is 5.90. The minimum atomic E-state index is -1.07. The number of nitrogens with one attached hydrogen (secondary N) is 2. The number of hydrogen-bond donors (Lipinski definition) is 3. The second-order valence-electron chi connectivity index (χ2n) is 9.00. The third kappa shape index (κ3) is 2.86. The van der Waals surface area contributed by atoms with Crippen molar-refractivity contribution >= 4 is 34.2 Å². The number of nitrogens with zero attached hydrogens (tertiary/aromatic N) is 1. The quantitative estimate of drug-likeness (QED) is 0.653. The monoisotopic (exact) mass is 437 g/mol. The van der Waals surface area contributed by atoms with E-state index in [1.165, 1.54) is 4.90 Å². The van der Waals surface area contributed by atoms with Gasteiger partial charge < -0.3 is 25.4 Å². The molecule has 5 rings (SSSR count). The largest absolute Gasteiger partial charge is 0.394 e. The number of aliphatic hydroxyl groups excluding tert-OH is 1. The number of aliphatic hydroxyl groups is 1. The minimum absolute atomic E-state index is 0.248. The highest BCUT2D eigenvalue weighted by Crippen LogP contribution is 2.58. The van der Waals surface area contributed by atoms with Crippen molar-refractivity contribution in [3.05, 3.63) is 42.5 Å². The molecule has 3 aliphatic rings. The van der Waals surface area contributed by atoms with Crippen molar-refractivity contribution in [1.82, 2.24) is 10.2 Å². The molecule has 0 aliphatic carbocycles. The molecule has 0 radical (unpaired) electrons. The van der Waals surface area contributed by atoms with Crippen LogP contribution in [0.15, 0.2) is 42.5 Å². The number of rotatable bonds is 5. The Balaban J connectivity index is 1.52. The molecule has 3 heterocycles. The van der Waals surface area contributed by atoms with Crippen LogP contribution < -0.4 is 10.6 Å². The summed E-state index contributed by atoms with van der Waals surface area (Å²) in [6, 6.07) is 12.0. The average molecular weight is 437 g/mol. The van der Waals surface area contributed by atoms with E-state index in [2.05, 4.69) is 10.6 Å². The smallest absolute Gasteiger partial charge is 0.250 e. The molecule has 32 heavy (non-hydrogen) atoms. The summed E-state index contributed by atoms with van der Waals surface area (Å²) in [6.45, 7) is 1.41. The molecule has 3 fully saturated rings. The number of carbonyl (C=O) groups is 3. The molecule has 3 saturated heterocycles. The molecule has 3 amide bonds. The summed E-state index contributed by atoms with van der Waals surface area (Å²) in [7, 11) is 1.54. The first-order valence-electron chi connectivity index (χ1n) is 11.0. The third-order valence-electron chi connectivity index (χ3n) is 7.29. The van der Waals surface area contributed by atoms with E-state index in [1.807, 2.05) is 42.5 Å². The first-order chi connectivity index (χ1) is 15.4. The predicted octanol–water partition coefficient (Wildman–Crippen LogP) is 1.28. The van der Waals surface area contributed by atoms with Crippen LogP contribution in [0.3, 0.4) is 0 Å².